The van der Waals surface area contributed by atoms with Crippen LogP contribution in [0, 0.1) is 5.82 Å². The van der Waals surface area contributed by atoms with Gasteiger partial charge in [-0.3, -0.25) is 10.3 Å². The second-order valence-electron chi connectivity index (χ2n) is 2.67. The number of amides is 1. The van der Waals surface area contributed by atoms with Gasteiger partial charge >= 0.3 is 12.3 Å². The Labute approximate surface area is 87.2 Å². The Morgan fingerprint density at radius 1 is 1.50 bits per heavy atom. The summed E-state index contributed by atoms with van der Waals surface area (Å²) in [6.07, 6.45) is -4.03. The molecule has 16 heavy (non-hydrogen) atoms. The molecule has 0 aliphatic rings. The number of hydrogen-bond acceptors (Lipinski definition) is 3. The molecule has 1 rings (SSSR count). The molecule has 1 amide bonds. The molecule has 0 aliphatic heterocycles. The van der Waals surface area contributed by atoms with Gasteiger partial charge in [0.25, 0.3) is 0 Å². The van der Waals surface area contributed by atoms with E-state index in [9.17, 15) is 22.4 Å². The molecule has 0 unspecified atom stereocenters. The van der Waals surface area contributed by atoms with Crippen molar-refractivity contribution in [3.63, 3.8) is 0 Å². The molecule has 0 aromatic carbocycles. The Morgan fingerprint density at radius 3 is 2.75 bits per heavy atom. The van der Waals surface area contributed by atoms with Crippen molar-refractivity contribution in [2.45, 2.75) is 6.18 Å². The number of anilines is 1. The highest BCUT2D eigenvalue weighted by Gasteiger charge is 2.29. The van der Waals surface area contributed by atoms with Crippen LogP contribution in [-0.2, 0) is 4.74 Å². The number of nitrogens with zero attached hydrogens (tertiary/aromatic N) is 1. The molecule has 0 saturated carbocycles. The first-order valence-corrected chi connectivity index (χ1v) is 3.98. The molecule has 88 valence electrons. The lowest BCUT2D eigenvalue weighted by Crippen LogP contribution is -2.23. The fourth-order valence-electron chi connectivity index (χ4n) is 0.770. The predicted molar refractivity (Wildman–Crippen MR) is 45.2 cm³/mol. The summed E-state index contributed by atoms with van der Waals surface area (Å²) in [6.45, 7) is -1.73. The Morgan fingerprint density at radius 2 is 2.19 bits per heavy atom. The van der Waals surface area contributed by atoms with E-state index in [1.165, 1.54) is 6.20 Å². The van der Waals surface area contributed by atoms with E-state index in [1.807, 2.05) is 0 Å². The predicted octanol–water partition coefficient (Wildman–Crippen LogP) is 2.33. The first-order valence-electron chi connectivity index (χ1n) is 3.98. The highest BCUT2D eigenvalue weighted by atomic mass is 19.4. The zero-order chi connectivity index (χ0) is 12.2. The largest absolute Gasteiger partial charge is 0.440 e. The van der Waals surface area contributed by atoms with Crippen molar-refractivity contribution in [2.75, 3.05) is 11.9 Å². The molecule has 1 heterocycles. The quantitative estimate of drug-likeness (QED) is 0.804. The van der Waals surface area contributed by atoms with Gasteiger partial charge in [-0.1, -0.05) is 0 Å². The van der Waals surface area contributed by atoms with E-state index in [-0.39, 0.29) is 5.69 Å². The maximum Gasteiger partial charge on any atom is 0.422 e. The fourth-order valence-corrected chi connectivity index (χ4v) is 0.770. The number of aromatic nitrogens is 1. The molecule has 0 bridgehead atoms. The van der Waals surface area contributed by atoms with Gasteiger partial charge in [0.1, 0.15) is 0 Å². The summed E-state index contributed by atoms with van der Waals surface area (Å²) in [6, 6.07) is 1.09. The minimum atomic E-state index is -4.62. The van der Waals surface area contributed by atoms with Crippen molar-refractivity contribution in [3.05, 3.63) is 24.3 Å². The minimum Gasteiger partial charge on any atom is -0.440 e. The van der Waals surface area contributed by atoms with Gasteiger partial charge in [-0.15, -0.1) is 0 Å². The van der Waals surface area contributed by atoms with Crippen LogP contribution >= 0.6 is 0 Å². The van der Waals surface area contributed by atoms with E-state index in [2.05, 4.69) is 9.72 Å². The van der Waals surface area contributed by atoms with Crippen LogP contribution in [0.3, 0.4) is 0 Å². The van der Waals surface area contributed by atoms with Crippen molar-refractivity contribution < 1.29 is 27.1 Å². The zero-order valence-electron chi connectivity index (χ0n) is 7.71. The first-order chi connectivity index (χ1) is 7.38. The number of pyridine rings is 1. The molecule has 4 nitrogen and oxygen atoms in total. The summed E-state index contributed by atoms with van der Waals surface area (Å²) in [5.74, 6) is -0.869. The monoisotopic (exact) mass is 238 g/mol. The molecule has 8 heteroatoms. The van der Waals surface area contributed by atoms with Crippen molar-refractivity contribution in [3.8, 4) is 0 Å². The molecule has 1 N–H and O–H groups in total. The van der Waals surface area contributed by atoms with Crippen LogP contribution in [0.15, 0.2) is 18.5 Å². The topological polar surface area (TPSA) is 51.2 Å². The van der Waals surface area contributed by atoms with Crippen LogP contribution in [0.5, 0.6) is 0 Å². The molecular weight excluding hydrogens is 232 g/mol. The third-order valence-electron chi connectivity index (χ3n) is 1.38. The summed E-state index contributed by atoms with van der Waals surface area (Å²) in [4.78, 5) is 14.2. The van der Waals surface area contributed by atoms with Crippen LogP contribution in [0.2, 0.25) is 0 Å². The van der Waals surface area contributed by atoms with Gasteiger partial charge in [-0.2, -0.15) is 13.2 Å². The fraction of sp³-hybridized carbons (Fsp3) is 0.250. The molecule has 0 atom stereocenters. The smallest absolute Gasteiger partial charge is 0.422 e. The molecule has 0 aliphatic carbocycles. The average molecular weight is 238 g/mol. The molecule has 1 aromatic heterocycles. The Balaban J connectivity index is 2.50. The molecule has 1 aromatic rings. The molecule has 0 radical (unpaired) electrons. The lowest BCUT2D eigenvalue weighted by Gasteiger charge is -2.09. The second kappa shape index (κ2) is 4.77. The lowest BCUT2D eigenvalue weighted by atomic mass is 10.4. The van der Waals surface area contributed by atoms with Crippen LogP contribution in [0.25, 0.3) is 0 Å². The standard InChI is InChI=1S/C8H6F4N2O2/c9-5-3-13-2-1-6(5)14-7(15)16-4-8(10,11)12/h1-3H,4H2,(H,13,14,15). The maximum absolute atomic E-state index is 12.9. The van der Waals surface area contributed by atoms with E-state index in [1.54, 1.807) is 5.32 Å². The number of nitrogens with one attached hydrogen (secondary N) is 1. The molecular formula is C8H6F4N2O2. The summed E-state index contributed by atoms with van der Waals surface area (Å²) in [5.41, 5.74) is -0.304. The molecule has 0 fully saturated rings. The third kappa shape index (κ3) is 4.11. The average Bonchev–Trinajstić information content (AvgIpc) is 2.18. The lowest BCUT2D eigenvalue weighted by molar-refractivity contribution is -0.159. The van der Waals surface area contributed by atoms with E-state index in [0.717, 1.165) is 12.3 Å². The van der Waals surface area contributed by atoms with Crippen molar-refractivity contribution in [1.82, 2.24) is 4.98 Å². The second-order valence-corrected chi connectivity index (χ2v) is 2.67. The van der Waals surface area contributed by atoms with Crippen molar-refractivity contribution >= 4 is 11.8 Å². The first kappa shape index (κ1) is 12.2. The Kier molecular flexibility index (Phi) is 3.64. The zero-order valence-corrected chi connectivity index (χ0v) is 7.71. The maximum atomic E-state index is 12.9. The number of carbonyl (C=O) groups excluding carboxylic acids is 1. The van der Waals surface area contributed by atoms with Gasteiger partial charge in [-0.25, -0.2) is 9.18 Å². The van der Waals surface area contributed by atoms with Crippen LogP contribution in [-0.4, -0.2) is 23.9 Å². The number of hydrogen-bond donors (Lipinski definition) is 1. The number of rotatable bonds is 2. The number of ether oxygens (including phenoxy) is 1. The number of carbonyl (C=O) groups is 1. The molecule has 0 saturated heterocycles. The van der Waals surface area contributed by atoms with Crippen molar-refractivity contribution in [1.29, 1.82) is 0 Å². The highest BCUT2D eigenvalue weighted by molar-refractivity contribution is 5.84. The summed E-state index contributed by atoms with van der Waals surface area (Å²) in [5, 5.41) is 1.81. The van der Waals surface area contributed by atoms with E-state index < -0.39 is 24.7 Å². The third-order valence-corrected chi connectivity index (χ3v) is 1.38. The number of alkyl halides is 3. The van der Waals surface area contributed by atoms with E-state index >= 15 is 0 Å². The van der Waals surface area contributed by atoms with Crippen LogP contribution in [0.1, 0.15) is 0 Å². The van der Waals surface area contributed by atoms with Crippen LogP contribution < -0.4 is 5.32 Å². The van der Waals surface area contributed by atoms with Gasteiger partial charge in [0, 0.05) is 6.20 Å². The summed E-state index contributed by atoms with van der Waals surface area (Å²) in [7, 11) is 0. The van der Waals surface area contributed by atoms with E-state index in [0.29, 0.717) is 0 Å². The van der Waals surface area contributed by atoms with Gasteiger partial charge in [0.15, 0.2) is 12.4 Å². The van der Waals surface area contributed by atoms with Gasteiger partial charge < -0.3 is 4.74 Å². The summed E-state index contributed by atoms with van der Waals surface area (Å²) < 4.78 is 51.6. The SMILES string of the molecule is O=C(Nc1ccncc1F)OCC(F)(F)F. The summed E-state index contributed by atoms with van der Waals surface area (Å²) >= 11 is 0. The highest BCUT2D eigenvalue weighted by Crippen LogP contribution is 2.15. The van der Waals surface area contributed by atoms with Crippen LogP contribution in [0.4, 0.5) is 28.0 Å². The van der Waals surface area contributed by atoms with Gasteiger partial charge in [-0.05, 0) is 6.07 Å². The number of halogens is 4. The van der Waals surface area contributed by atoms with E-state index in [4.69, 9.17) is 0 Å². The van der Waals surface area contributed by atoms with Gasteiger partial charge in [0.05, 0.1) is 11.9 Å². The van der Waals surface area contributed by atoms with Crippen molar-refractivity contribution in [2.24, 2.45) is 0 Å². The Bertz CT molecular complexity index is 381. The van der Waals surface area contributed by atoms with Gasteiger partial charge in [0.2, 0.25) is 0 Å². The normalized spacial score (nSPS) is 11.0. The Hall–Kier alpha value is -1.86. The molecule has 0 spiro atoms. The minimum absolute atomic E-state index is 0.304.